The Morgan fingerprint density at radius 1 is 1.36 bits per heavy atom. The zero-order chi connectivity index (χ0) is 9.80. The Morgan fingerprint density at radius 3 is 2.71 bits per heavy atom. The van der Waals surface area contributed by atoms with Gasteiger partial charge in [-0.15, -0.1) is 5.10 Å². The van der Waals surface area contributed by atoms with Crippen molar-refractivity contribution in [1.29, 1.82) is 0 Å². The minimum atomic E-state index is 0.669. The van der Waals surface area contributed by atoms with Gasteiger partial charge in [0, 0.05) is 13.1 Å². The molecular formula is C9H15N5. The summed E-state index contributed by atoms with van der Waals surface area (Å²) in [5.41, 5.74) is 5.63. The van der Waals surface area contributed by atoms with E-state index < -0.39 is 0 Å². The molecule has 2 heterocycles. The minimum absolute atomic E-state index is 0.669. The van der Waals surface area contributed by atoms with Gasteiger partial charge in [-0.05, 0) is 25.3 Å². The van der Waals surface area contributed by atoms with Gasteiger partial charge in [0.25, 0.3) is 0 Å². The summed E-state index contributed by atoms with van der Waals surface area (Å²) in [5.74, 6) is 1.41. The number of nitrogens with two attached hydrogens (primary N) is 1. The van der Waals surface area contributed by atoms with Crippen molar-refractivity contribution < 1.29 is 0 Å². The van der Waals surface area contributed by atoms with E-state index in [1.165, 1.54) is 0 Å². The van der Waals surface area contributed by atoms with Crippen molar-refractivity contribution in [3.63, 3.8) is 0 Å². The van der Waals surface area contributed by atoms with Gasteiger partial charge in [0.05, 0.1) is 12.4 Å². The Kier molecular flexibility index (Phi) is 2.88. The maximum Gasteiger partial charge on any atom is 0.245 e. The highest BCUT2D eigenvalue weighted by Crippen LogP contribution is 2.18. The van der Waals surface area contributed by atoms with Crippen LogP contribution in [-0.4, -0.2) is 34.8 Å². The number of anilines is 1. The second-order valence-corrected chi connectivity index (χ2v) is 3.61. The predicted molar refractivity (Wildman–Crippen MR) is 53.8 cm³/mol. The van der Waals surface area contributed by atoms with Crippen molar-refractivity contribution >= 4 is 5.95 Å². The fraction of sp³-hybridized carbons (Fsp3) is 0.667. The van der Waals surface area contributed by atoms with Crippen molar-refractivity contribution in [3.8, 4) is 0 Å². The topological polar surface area (TPSA) is 67.9 Å². The summed E-state index contributed by atoms with van der Waals surface area (Å²) in [5, 5.41) is 7.81. The lowest BCUT2D eigenvalue weighted by molar-refractivity contribution is 0.410. The summed E-state index contributed by atoms with van der Waals surface area (Å²) < 4.78 is 0. The summed E-state index contributed by atoms with van der Waals surface area (Å²) >= 11 is 0. The fourth-order valence-corrected chi connectivity index (χ4v) is 1.75. The average Bonchev–Trinajstić information content (AvgIpc) is 2.30. The van der Waals surface area contributed by atoms with Gasteiger partial charge in [-0.3, -0.25) is 0 Å². The van der Waals surface area contributed by atoms with Crippen LogP contribution in [0.25, 0.3) is 0 Å². The van der Waals surface area contributed by atoms with Gasteiger partial charge in [0.2, 0.25) is 5.95 Å². The summed E-state index contributed by atoms with van der Waals surface area (Å²) in [4.78, 5) is 6.34. The normalized spacial score (nSPS) is 18.5. The quantitative estimate of drug-likeness (QED) is 0.718. The zero-order valence-corrected chi connectivity index (χ0v) is 8.13. The predicted octanol–water partition coefficient (Wildman–Crippen LogP) is 0.0467. The number of hydrogen-bond acceptors (Lipinski definition) is 5. The molecule has 0 unspecified atom stereocenters. The maximum absolute atomic E-state index is 5.63. The summed E-state index contributed by atoms with van der Waals surface area (Å²) in [6.45, 7) is 2.78. The van der Waals surface area contributed by atoms with Crippen LogP contribution in [0, 0.1) is 5.92 Å². The molecule has 1 aliphatic rings. The molecule has 1 saturated heterocycles. The lowest BCUT2D eigenvalue weighted by atomic mass is 9.97. The molecule has 0 atom stereocenters. The van der Waals surface area contributed by atoms with E-state index in [0.717, 1.165) is 38.4 Å². The molecule has 5 nitrogen and oxygen atoms in total. The molecule has 2 rings (SSSR count). The van der Waals surface area contributed by atoms with E-state index in [2.05, 4.69) is 20.1 Å². The first-order valence-electron chi connectivity index (χ1n) is 4.99. The fourth-order valence-electron chi connectivity index (χ4n) is 1.75. The first-order valence-corrected chi connectivity index (χ1v) is 4.99. The highest BCUT2D eigenvalue weighted by Gasteiger charge is 2.19. The second-order valence-electron chi connectivity index (χ2n) is 3.61. The molecule has 0 aliphatic carbocycles. The van der Waals surface area contributed by atoms with E-state index in [1.54, 1.807) is 12.4 Å². The van der Waals surface area contributed by atoms with Gasteiger partial charge in [0.15, 0.2) is 0 Å². The Hall–Kier alpha value is -1.23. The van der Waals surface area contributed by atoms with E-state index >= 15 is 0 Å². The number of rotatable bonds is 2. The van der Waals surface area contributed by atoms with Gasteiger partial charge in [-0.25, -0.2) is 4.98 Å². The molecule has 1 aromatic heterocycles. The third-order valence-corrected chi connectivity index (χ3v) is 2.70. The van der Waals surface area contributed by atoms with Gasteiger partial charge in [-0.1, -0.05) is 0 Å². The van der Waals surface area contributed by atoms with Crippen LogP contribution in [0.4, 0.5) is 5.95 Å². The smallest absolute Gasteiger partial charge is 0.245 e. The molecule has 0 radical (unpaired) electrons. The molecule has 76 valence electrons. The highest BCUT2D eigenvalue weighted by atomic mass is 15.3. The average molecular weight is 193 g/mol. The van der Waals surface area contributed by atoms with E-state index in [0.29, 0.717) is 5.92 Å². The number of aromatic nitrogens is 3. The molecule has 14 heavy (non-hydrogen) atoms. The molecule has 0 spiro atoms. The molecule has 0 aromatic carbocycles. The third kappa shape index (κ3) is 1.98. The van der Waals surface area contributed by atoms with Crippen LogP contribution >= 0.6 is 0 Å². The molecule has 0 amide bonds. The van der Waals surface area contributed by atoms with E-state index in [1.807, 2.05) is 0 Å². The van der Waals surface area contributed by atoms with E-state index in [-0.39, 0.29) is 0 Å². The molecule has 1 aliphatic heterocycles. The van der Waals surface area contributed by atoms with Crippen molar-refractivity contribution in [3.05, 3.63) is 12.4 Å². The maximum atomic E-state index is 5.63. The van der Waals surface area contributed by atoms with Crippen molar-refractivity contribution in [2.75, 3.05) is 24.5 Å². The first-order chi connectivity index (χ1) is 6.90. The summed E-state index contributed by atoms with van der Waals surface area (Å²) in [6.07, 6.45) is 5.54. The van der Waals surface area contributed by atoms with E-state index in [4.69, 9.17) is 5.73 Å². The highest BCUT2D eigenvalue weighted by molar-refractivity contribution is 5.27. The molecule has 1 fully saturated rings. The second kappa shape index (κ2) is 4.32. The SMILES string of the molecule is NCC1CCN(c2nccnn2)CC1. The zero-order valence-electron chi connectivity index (χ0n) is 8.13. The Bertz CT molecular complexity index is 268. The van der Waals surface area contributed by atoms with Crippen molar-refractivity contribution in [2.24, 2.45) is 11.7 Å². The molecule has 0 saturated carbocycles. The van der Waals surface area contributed by atoms with Crippen LogP contribution in [0.1, 0.15) is 12.8 Å². The standard InChI is InChI=1S/C9H15N5/c10-7-8-1-5-14(6-2-8)9-11-3-4-12-13-9/h3-4,8H,1-2,5-7,10H2. The Morgan fingerprint density at radius 2 is 2.14 bits per heavy atom. The Balaban J connectivity index is 1.96. The summed E-state index contributed by atoms with van der Waals surface area (Å²) in [7, 11) is 0. The third-order valence-electron chi connectivity index (χ3n) is 2.70. The number of hydrogen-bond donors (Lipinski definition) is 1. The first kappa shape index (κ1) is 9.33. The lowest BCUT2D eigenvalue weighted by Crippen LogP contribution is -2.37. The number of piperidine rings is 1. The van der Waals surface area contributed by atoms with Gasteiger partial charge >= 0.3 is 0 Å². The molecule has 1 aromatic rings. The van der Waals surface area contributed by atoms with Gasteiger partial charge in [-0.2, -0.15) is 5.10 Å². The number of nitrogens with zero attached hydrogens (tertiary/aromatic N) is 4. The van der Waals surface area contributed by atoms with Crippen molar-refractivity contribution in [2.45, 2.75) is 12.8 Å². The van der Waals surface area contributed by atoms with Gasteiger partial charge in [0.1, 0.15) is 0 Å². The summed E-state index contributed by atoms with van der Waals surface area (Å²) in [6, 6.07) is 0. The van der Waals surface area contributed by atoms with E-state index in [9.17, 15) is 0 Å². The van der Waals surface area contributed by atoms with Crippen LogP contribution in [0.15, 0.2) is 12.4 Å². The lowest BCUT2D eigenvalue weighted by Gasteiger charge is -2.30. The molecule has 0 bridgehead atoms. The van der Waals surface area contributed by atoms with Crippen LogP contribution in [-0.2, 0) is 0 Å². The molecule has 5 heteroatoms. The van der Waals surface area contributed by atoms with Crippen molar-refractivity contribution in [1.82, 2.24) is 15.2 Å². The molecule has 2 N–H and O–H groups in total. The van der Waals surface area contributed by atoms with Crippen LogP contribution in [0.2, 0.25) is 0 Å². The largest absolute Gasteiger partial charge is 0.340 e. The Labute approximate surface area is 83.3 Å². The van der Waals surface area contributed by atoms with Crippen LogP contribution in [0.3, 0.4) is 0 Å². The molecular weight excluding hydrogens is 178 g/mol. The minimum Gasteiger partial charge on any atom is -0.340 e. The van der Waals surface area contributed by atoms with Gasteiger partial charge < -0.3 is 10.6 Å². The monoisotopic (exact) mass is 193 g/mol. The van der Waals surface area contributed by atoms with Crippen LogP contribution in [0.5, 0.6) is 0 Å². The van der Waals surface area contributed by atoms with Crippen LogP contribution < -0.4 is 10.6 Å².